The molecule has 0 bridgehead atoms. The number of nitrogens with one attached hydrogen (secondary N) is 1. The van der Waals surface area contributed by atoms with E-state index in [-0.39, 0.29) is 10.7 Å². The minimum absolute atomic E-state index is 0.0809. The van der Waals surface area contributed by atoms with Crippen LogP contribution in [0.4, 0.5) is 5.69 Å². The molecule has 0 aromatic heterocycles. The van der Waals surface area contributed by atoms with Crippen LogP contribution in [-0.2, 0) is 10.0 Å². The number of ketones is 1. The maximum absolute atomic E-state index is 12.4. The molecule has 0 saturated carbocycles. The van der Waals surface area contributed by atoms with Crippen LogP contribution in [0.25, 0.3) is 0 Å². The van der Waals surface area contributed by atoms with E-state index in [9.17, 15) is 13.2 Å². The Kier molecular flexibility index (Phi) is 3.96. The van der Waals surface area contributed by atoms with Gasteiger partial charge in [0.05, 0.1) is 10.6 Å². The van der Waals surface area contributed by atoms with Crippen molar-refractivity contribution in [2.45, 2.75) is 11.8 Å². The lowest BCUT2D eigenvalue weighted by Gasteiger charge is -2.19. The van der Waals surface area contributed by atoms with Gasteiger partial charge in [-0.1, -0.05) is 12.1 Å². The Morgan fingerprint density at radius 2 is 1.65 bits per heavy atom. The van der Waals surface area contributed by atoms with Crippen LogP contribution < -0.4 is 14.2 Å². The topological polar surface area (TPSA) is 81.7 Å². The number of rotatable bonds is 4. The Morgan fingerprint density at radius 1 is 1.00 bits per heavy atom. The lowest BCUT2D eigenvalue weighted by molar-refractivity contribution is 0.101. The van der Waals surface area contributed by atoms with E-state index in [1.807, 2.05) is 0 Å². The molecule has 0 atom stereocenters. The number of Topliss-reactive ketones (excluding diaryl/α,β-unsaturated/α-hetero) is 1. The molecule has 0 aliphatic carbocycles. The fraction of sp³-hybridized carbons (Fsp3) is 0.188. The lowest BCUT2D eigenvalue weighted by Crippen LogP contribution is -2.16. The van der Waals surface area contributed by atoms with Gasteiger partial charge >= 0.3 is 0 Å². The molecule has 6 nitrogen and oxygen atoms in total. The van der Waals surface area contributed by atoms with Crippen LogP contribution in [-0.4, -0.2) is 27.4 Å². The summed E-state index contributed by atoms with van der Waals surface area (Å²) in [7, 11) is -3.74. The number of benzene rings is 2. The van der Waals surface area contributed by atoms with Crippen molar-refractivity contribution in [3.8, 4) is 11.5 Å². The Hall–Kier alpha value is -2.54. The SMILES string of the molecule is CC(=O)c1ccc(S(=O)(=O)Nc2ccc3c(c2)OCCO3)cc1. The highest BCUT2D eigenvalue weighted by molar-refractivity contribution is 7.92. The highest BCUT2D eigenvalue weighted by Crippen LogP contribution is 2.33. The molecule has 2 aromatic carbocycles. The molecule has 1 N–H and O–H groups in total. The quantitative estimate of drug-likeness (QED) is 0.869. The monoisotopic (exact) mass is 333 g/mol. The zero-order valence-electron chi connectivity index (χ0n) is 12.4. The summed E-state index contributed by atoms with van der Waals surface area (Å²) in [4.78, 5) is 11.3. The average molecular weight is 333 g/mol. The van der Waals surface area contributed by atoms with Crippen molar-refractivity contribution < 1.29 is 22.7 Å². The van der Waals surface area contributed by atoms with E-state index in [1.165, 1.54) is 31.2 Å². The zero-order chi connectivity index (χ0) is 16.4. The number of hydrogen-bond donors (Lipinski definition) is 1. The van der Waals surface area contributed by atoms with Gasteiger partial charge in [-0.3, -0.25) is 9.52 Å². The molecule has 1 aliphatic rings. The summed E-state index contributed by atoms with van der Waals surface area (Å²) in [6, 6.07) is 10.6. The van der Waals surface area contributed by atoms with E-state index < -0.39 is 10.0 Å². The normalized spacial score (nSPS) is 13.4. The summed E-state index contributed by atoms with van der Waals surface area (Å²) in [6.45, 7) is 2.33. The number of hydrogen-bond acceptors (Lipinski definition) is 5. The van der Waals surface area contributed by atoms with E-state index in [4.69, 9.17) is 9.47 Å². The van der Waals surface area contributed by atoms with Gasteiger partial charge in [-0.25, -0.2) is 8.42 Å². The Morgan fingerprint density at radius 3 is 2.30 bits per heavy atom. The van der Waals surface area contributed by atoms with Crippen LogP contribution in [0.3, 0.4) is 0 Å². The highest BCUT2D eigenvalue weighted by Gasteiger charge is 2.17. The maximum atomic E-state index is 12.4. The van der Waals surface area contributed by atoms with Crippen molar-refractivity contribution in [2.75, 3.05) is 17.9 Å². The second-order valence-corrected chi connectivity index (χ2v) is 6.73. The van der Waals surface area contributed by atoms with E-state index >= 15 is 0 Å². The molecule has 0 fully saturated rings. The van der Waals surface area contributed by atoms with Crippen LogP contribution in [0.2, 0.25) is 0 Å². The molecule has 0 saturated heterocycles. The largest absolute Gasteiger partial charge is 0.486 e. The number of carbonyl (C=O) groups is 1. The van der Waals surface area contributed by atoms with Gasteiger partial charge in [0.2, 0.25) is 0 Å². The number of ether oxygens (including phenoxy) is 2. The molecular weight excluding hydrogens is 318 g/mol. The van der Waals surface area contributed by atoms with E-state index in [2.05, 4.69) is 4.72 Å². The molecule has 3 rings (SSSR count). The summed E-state index contributed by atoms with van der Waals surface area (Å²) >= 11 is 0. The van der Waals surface area contributed by atoms with Crippen LogP contribution in [0, 0.1) is 0 Å². The predicted molar refractivity (Wildman–Crippen MR) is 84.7 cm³/mol. The van der Waals surface area contributed by atoms with Gasteiger partial charge in [-0.2, -0.15) is 0 Å². The third-order valence-corrected chi connectivity index (χ3v) is 4.76. The molecule has 2 aromatic rings. The molecule has 0 spiro atoms. The fourth-order valence-corrected chi connectivity index (χ4v) is 3.24. The lowest BCUT2D eigenvalue weighted by atomic mass is 10.2. The minimum Gasteiger partial charge on any atom is -0.486 e. The van der Waals surface area contributed by atoms with Crippen molar-refractivity contribution in [2.24, 2.45) is 0 Å². The van der Waals surface area contributed by atoms with Gasteiger partial charge < -0.3 is 9.47 Å². The van der Waals surface area contributed by atoms with E-state index in [0.717, 1.165) is 0 Å². The molecule has 7 heteroatoms. The van der Waals surface area contributed by atoms with Crippen molar-refractivity contribution in [3.05, 3.63) is 48.0 Å². The van der Waals surface area contributed by atoms with Crippen molar-refractivity contribution >= 4 is 21.5 Å². The Balaban J connectivity index is 1.84. The molecular formula is C16H15NO5S. The summed E-state index contributed by atoms with van der Waals surface area (Å²) in [6.07, 6.45) is 0. The summed E-state index contributed by atoms with van der Waals surface area (Å²) < 4.78 is 38.1. The van der Waals surface area contributed by atoms with Crippen molar-refractivity contribution in [3.63, 3.8) is 0 Å². The molecule has 1 heterocycles. The second kappa shape index (κ2) is 5.92. The molecule has 23 heavy (non-hydrogen) atoms. The van der Waals surface area contributed by atoms with Gasteiger partial charge in [0, 0.05) is 11.6 Å². The first-order chi connectivity index (χ1) is 11.0. The third kappa shape index (κ3) is 3.29. The van der Waals surface area contributed by atoms with E-state index in [0.29, 0.717) is 36.0 Å². The smallest absolute Gasteiger partial charge is 0.261 e. The van der Waals surface area contributed by atoms with Crippen LogP contribution in [0.5, 0.6) is 11.5 Å². The van der Waals surface area contributed by atoms with Crippen LogP contribution in [0.15, 0.2) is 47.4 Å². The van der Waals surface area contributed by atoms with Gasteiger partial charge in [0.25, 0.3) is 10.0 Å². The van der Waals surface area contributed by atoms with Gasteiger partial charge in [0.1, 0.15) is 13.2 Å². The highest BCUT2D eigenvalue weighted by atomic mass is 32.2. The molecule has 0 amide bonds. The van der Waals surface area contributed by atoms with Gasteiger partial charge in [0.15, 0.2) is 17.3 Å². The van der Waals surface area contributed by atoms with Gasteiger partial charge in [-0.05, 0) is 31.2 Å². The first-order valence-electron chi connectivity index (χ1n) is 6.99. The summed E-state index contributed by atoms with van der Waals surface area (Å²) in [5.74, 6) is 0.974. The molecule has 1 aliphatic heterocycles. The number of fused-ring (bicyclic) bond motifs is 1. The maximum Gasteiger partial charge on any atom is 0.261 e. The zero-order valence-corrected chi connectivity index (χ0v) is 13.2. The van der Waals surface area contributed by atoms with E-state index in [1.54, 1.807) is 18.2 Å². The molecule has 120 valence electrons. The van der Waals surface area contributed by atoms with Crippen LogP contribution in [0.1, 0.15) is 17.3 Å². The fourth-order valence-electron chi connectivity index (χ4n) is 2.19. The first-order valence-corrected chi connectivity index (χ1v) is 8.47. The summed E-state index contributed by atoms with van der Waals surface area (Å²) in [5, 5.41) is 0. The summed E-state index contributed by atoms with van der Waals surface area (Å²) in [5.41, 5.74) is 0.841. The van der Waals surface area contributed by atoms with Crippen LogP contribution >= 0.6 is 0 Å². The van der Waals surface area contributed by atoms with Crippen molar-refractivity contribution in [1.29, 1.82) is 0 Å². The first kappa shape index (κ1) is 15.4. The van der Waals surface area contributed by atoms with Gasteiger partial charge in [-0.15, -0.1) is 0 Å². The third-order valence-electron chi connectivity index (χ3n) is 3.37. The molecule has 0 radical (unpaired) electrons. The molecule has 0 unspecified atom stereocenters. The Bertz CT molecular complexity index is 843. The van der Waals surface area contributed by atoms with Crippen molar-refractivity contribution in [1.82, 2.24) is 0 Å². The standard InChI is InChI=1S/C16H15NO5S/c1-11(18)12-2-5-14(6-3-12)23(19,20)17-13-4-7-15-16(10-13)22-9-8-21-15/h2-7,10,17H,8-9H2,1H3. The Labute approximate surface area is 134 Å². The number of anilines is 1. The minimum atomic E-state index is -3.74. The number of sulfonamides is 1. The number of carbonyl (C=O) groups excluding carboxylic acids is 1. The predicted octanol–water partition coefficient (Wildman–Crippen LogP) is 2.46. The average Bonchev–Trinajstić information content (AvgIpc) is 2.54. The second-order valence-electron chi connectivity index (χ2n) is 5.04.